The Morgan fingerprint density at radius 2 is 1.92 bits per heavy atom. The minimum absolute atomic E-state index is 0.499. The number of hydrogen-bond donors (Lipinski definition) is 1. The maximum atomic E-state index is 5.89. The number of hydrogen-bond acceptors (Lipinski definition) is 2. The molecule has 72 valence electrons. The number of nitrogens with two attached hydrogens (primary N) is 1. The molecule has 0 atom stereocenters. The van der Waals surface area contributed by atoms with Crippen LogP contribution in [0.5, 0.6) is 0 Å². The monoisotopic (exact) mass is 235 g/mol. The van der Waals surface area contributed by atoms with Gasteiger partial charge in [0, 0.05) is 11.4 Å². The second kappa shape index (κ2) is 5.11. The summed E-state index contributed by atoms with van der Waals surface area (Å²) in [6, 6.07) is 3.71. The summed E-state index contributed by atoms with van der Waals surface area (Å²) >= 11 is 13.5. The smallest absolute Gasteiger partial charge is 0.0603 e. The van der Waals surface area contributed by atoms with Crippen LogP contribution in [0.4, 0.5) is 0 Å². The highest BCUT2D eigenvalue weighted by atomic mass is 35.5. The predicted octanol–water partition coefficient (Wildman–Crippen LogP) is 3.56. The van der Waals surface area contributed by atoms with Gasteiger partial charge in [0.05, 0.1) is 10.0 Å². The summed E-state index contributed by atoms with van der Waals surface area (Å²) in [6.45, 7) is 2.59. The van der Waals surface area contributed by atoms with Crippen LogP contribution < -0.4 is 5.73 Å². The maximum absolute atomic E-state index is 5.89. The van der Waals surface area contributed by atoms with Crippen molar-refractivity contribution in [2.24, 2.45) is 5.73 Å². The van der Waals surface area contributed by atoms with Gasteiger partial charge in [-0.25, -0.2) is 0 Å². The zero-order valence-corrected chi connectivity index (χ0v) is 9.64. The van der Waals surface area contributed by atoms with Crippen LogP contribution in [0.1, 0.15) is 12.5 Å². The molecule has 4 heteroatoms. The van der Waals surface area contributed by atoms with Crippen molar-refractivity contribution in [3.05, 3.63) is 27.7 Å². The molecule has 1 aromatic rings. The van der Waals surface area contributed by atoms with E-state index in [2.05, 4.69) is 6.92 Å². The van der Waals surface area contributed by atoms with Crippen molar-refractivity contribution in [2.75, 3.05) is 5.75 Å². The molecule has 0 heterocycles. The van der Waals surface area contributed by atoms with Gasteiger partial charge in [0.1, 0.15) is 0 Å². The minimum atomic E-state index is 0.499. The van der Waals surface area contributed by atoms with Crippen LogP contribution in [-0.4, -0.2) is 5.75 Å². The number of halogens is 2. The fourth-order valence-electron chi connectivity index (χ4n) is 1.02. The quantitative estimate of drug-likeness (QED) is 0.812. The third-order valence-electron chi connectivity index (χ3n) is 1.62. The molecular weight excluding hydrogens is 225 g/mol. The number of thioether (sulfide) groups is 1. The van der Waals surface area contributed by atoms with E-state index in [0.717, 1.165) is 16.2 Å². The molecule has 0 saturated heterocycles. The molecule has 0 aliphatic carbocycles. The van der Waals surface area contributed by atoms with Gasteiger partial charge in [-0.05, 0) is 23.4 Å². The van der Waals surface area contributed by atoms with Gasteiger partial charge in [-0.3, -0.25) is 0 Å². The van der Waals surface area contributed by atoms with E-state index in [4.69, 9.17) is 28.9 Å². The van der Waals surface area contributed by atoms with E-state index in [0.29, 0.717) is 16.6 Å². The van der Waals surface area contributed by atoms with Crippen molar-refractivity contribution in [1.29, 1.82) is 0 Å². The lowest BCUT2D eigenvalue weighted by Crippen LogP contribution is -1.98. The van der Waals surface area contributed by atoms with Crippen molar-refractivity contribution in [3.8, 4) is 0 Å². The van der Waals surface area contributed by atoms with E-state index in [1.807, 2.05) is 12.1 Å². The second-order valence-electron chi connectivity index (χ2n) is 2.51. The molecule has 13 heavy (non-hydrogen) atoms. The van der Waals surface area contributed by atoms with Gasteiger partial charge in [-0.15, -0.1) is 11.8 Å². The van der Waals surface area contributed by atoms with Crippen molar-refractivity contribution >= 4 is 35.0 Å². The van der Waals surface area contributed by atoms with Gasteiger partial charge in [0.2, 0.25) is 0 Å². The Morgan fingerprint density at radius 3 is 2.46 bits per heavy atom. The van der Waals surface area contributed by atoms with Crippen LogP contribution >= 0.6 is 35.0 Å². The van der Waals surface area contributed by atoms with Crippen LogP contribution in [-0.2, 0) is 6.54 Å². The highest BCUT2D eigenvalue weighted by Crippen LogP contribution is 2.31. The fraction of sp³-hybridized carbons (Fsp3) is 0.333. The average Bonchev–Trinajstić information content (AvgIpc) is 2.11. The SMILES string of the molecule is CCSc1cc(Cl)c(Cl)cc1CN. The summed E-state index contributed by atoms with van der Waals surface area (Å²) in [6.07, 6.45) is 0. The Hall–Kier alpha value is 0.110. The average molecular weight is 236 g/mol. The lowest BCUT2D eigenvalue weighted by molar-refractivity contribution is 1.03. The van der Waals surface area contributed by atoms with E-state index in [9.17, 15) is 0 Å². The first-order valence-electron chi connectivity index (χ1n) is 3.99. The van der Waals surface area contributed by atoms with Gasteiger partial charge >= 0.3 is 0 Å². The normalized spacial score (nSPS) is 10.5. The van der Waals surface area contributed by atoms with Crippen LogP contribution in [0.25, 0.3) is 0 Å². The Bertz CT molecular complexity index is 302. The summed E-state index contributed by atoms with van der Waals surface area (Å²) < 4.78 is 0. The molecule has 0 saturated carbocycles. The summed E-state index contributed by atoms with van der Waals surface area (Å²) in [4.78, 5) is 1.12. The molecule has 0 fully saturated rings. The first-order chi connectivity index (χ1) is 6.19. The van der Waals surface area contributed by atoms with Crippen molar-refractivity contribution in [3.63, 3.8) is 0 Å². The van der Waals surface area contributed by atoms with Crippen LogP contribution in [0.3, 0.4) is 0 Å². The highest BCUT2D eigenvalue weighted by molar-refractivity contribution is 7.99. The topological polar surface area (TPSA) is 26.0 Å². The standard InChI is InChI=1S/C9H11Cl2NS/c1-2-13-9-4-8(11)7(10)3-6(9)5-12/h3-4H,2,5,12H2,1H3. The molecule has 0 unspecified atom stereocenters. The van der Waals surface area contributed by atoms with E-state index in [1.54, 1.807) is 11.8 Å². The van der Waals surface area contributed by atoms with Crippen molar-refractivity contribution < 1.29 is 0 Å². The fourth-order valence-corrected chi connectivity index (χ4v) is 2.27. The zero-order chi connectivity index (χ0) is 9.84. The molecule has 0 spiro atoms. The molecule has 0 aliphatic rings. The molecule has 1 aromatic carbocycles. The first-order valence-corrected chi connectivity index (χ1v) is 5.74. The summed E-state index contributed by atoms with van der Waals surface area (Å²) in [5, 5.41) is 1.16. The third-order valence-corrected chi connectivity index (χ3v) is 3.33. The lowest BCUT2D eigenvalue weighted by Gasteiger charge is -2.07. The van der Waals surface area contributed by atoms with E-state index < -0.39 is 0 Å². The largest absolute Gasteiger partial charge is 0.326 e. The number of benzene rings is 1. The van der Waals surface area contributed by atoms with Crippen LogP contribution in [0.2, 0.25) is 10.0 Å². The van der Waals surface area contributed by atoms with Crippen molar-refractivity contribution in [1.82, 2.24) is 0 Å². The van der Waals surface area contributed by atoms with Gasteiger partial charge < -0.3 is 5.73 Å². The Labute approximate surface area is 92.6 Å². The minimum Gasteiger partial charge on any atom is -0.326 e. The third kappa shape index (κ3) is 2.78. The molecule has 0 amide bonds. The second-order valence-corrected chi connectivity index (χ2v) is 4.63. The van der Waals surface area contributed by atoms with E-state index >= 15 is 0 Å². The Balaban J connectivity index is 3.09. The van der Waals surface area contributed by atoms with Gasteiger partial charge in [0.25, 0.3) is 0 Å². The maximum Gasteiger partial charge on any atom is 0.0603 e. The van der Waals surface area contributed by atoms with Gasteiger partial charge in [-0.2, -0.15) is 0 Å². The summed E-state index contributed by atoms with van der Waals surface area (Å²) in [7, 11) is 0. The first kappa shape index (κ1) is 11.2. The zero-order valence-electron chi connectivity index (χ0n) is 7.31. The Kier molecular flexibility index (Phi) is 4.39. The van der Waals surface area contributed by atoms with Gasteiger partial charge in [-0.1, -0.05) is 30.1 Å². The van der Waals surface area contributed by atoms with E-state index in [1.165, 1.54) is 0 Å². The molecule has 0 aliphatic heterocycles. The van der Waals surface area contributed by atoms with Crippen LogP contribution in [0, 0.1) is 0 Å². The highest BCUT2D eigenvalue weighted by Gasteiger charge is 2.05. The molecule has 1 rings (SSSR count). The summed E-state index contributed by atoms with van der Waals surface area (Å²) in [5.41, 5.74) is 6.64. The predicted molar refractivity (Wildman–Crippen MR) is 60.8 cm³/mol. The number of rotatable bonds is 3. The van der Waals surface area contributed by atoms with Gasteiger partial charge in [0.15, 0.2) is 0 Å². The van der Waals surface area contributed by atoms with Crippen molar-refractivity contribution in [2.45, 2.75) is 18.4 Å². The summed E-state index contributed by atoms with van der Waals surface area (Å²) in [5.74, 6) is 1.00. The molecule has 0 radical (unpaired) electrons. The van der Waals surface area contributed by atoms with Crippen LogP contribution in [0.15, 0.2) is 17.0 Å². The molecule has 0 aromatic heterocycles. The molecular formula is C9H11Cl2NS. The lowest BCUT2D eigenvalue weighted by atomic mass is 10.2. The molecule has 0 bridgehead atoms. The molecule has 2 N–H and O–H groups in total. The Morgan fingerprint density at radius 1 is 1.31 bits per heavy atom. The molecule has 1 nitrogen and oxygen atoms in total. The van der Waals surface area contributed by atoms with E-state index in [-0.39, 0.29) is 0 Å².